The van der Waals surface area contributed by atoms with E-state index in [0.29, 0.717) is 0 Å². The van der Waals surface area contributed by atoms with Crippen molar-refractivity contribution in [3.8, 4) is 6.07 Å². The Kier molecular flexibility index (Phi) is 3.20. The van der Waals surface area contributed by atoms with Crippen LogP contribution in [0.5, 0.6) is 0 Å². The predicted octanol–water partition coefficient (Wildman–Crippen LogP) is 0.281. The van der Waals surface area contributed by atoms with Gasteiger partial charge in [0, 0.05) is 13.1 Å². The van der Waals surface area contributed by atoms with E-state index in [1.807, 2.05) is 0 Å². The number of hydrogen-bond acceptors (Lipinski definition) is 2. The fourth-order valence-corrected chi connectivity index (χ4v) is 0.930. The number of hydrogen-bond donors (Lipinski definition) is 0. The largest absolute Gasteiger partial charge is 0.379 e. The minimum Gasteiger partial charge on any atom is -0.379 e. The second-order valence-corrected chi connectivity index (χ2v) is 2.27. The van der Waals surface area contributed by atoms with Crippen molar-refractivity contribution in [3.63, 3.8) is 0 Å². The van der Waals surface area contributed by atoms with E-state index in [2.05, 4.69) is 15.8 Å². The van der Waals surface area contributed by atoms with Gasteiger partial charge in [-0.25, -0.2) is 0 Å². The SMILES string of the molecule is C[N+]#CCN1CCOCC1. The highest BCUT2D eigenvalue weighted by atomic mass is 16.5. The Balaban J connectivity index is 2.17. The van der Waals surface area contributed by atoms with Gasteiger partial charge >= 0.3 is 0 Å². The highest BCUT2D eigenvalue weighted by Gasteiger charge is 2.09. The molecule has 0 aliphatic carbocycles. The fourth-order valence-electron chi connectivity index (χ4n) is 0.930. The topological polar surface area (TPSA) is 16.8 Å². The lowest BCUT2D eigenvalue weighted by atomic mass is 10.4. The van der Waals surface area contributed by atoms with Crippen LogP contribution in [0, 0.1) is 6.07 Å². The van der Waals surface area contributed by atoms with E-state index in [9.17, 15) is 0 Å². The van der Waals surface area contributed by atoms with Crippen LogP contribution in [-0.2, 0) is 4.74 Å². The molecule has 0 amide bonds. The van der Waals surface area contributed by atoms with Crippen molar-refractivity contribution in [1.82, 2.24) is 4.90 Å². The molecule has 0 aromatic carbocycles. The Bertz CT molecular complexity index is 141. The van der Waals surface area contributed by atoms with Crippen LogP contribution < -0.4 is 0 Å². The van der Waals surface area contributed by atoms with Crippen LogP contribution in [0.2, 0.25) is 0 Å². The summed E-state index contributed by atoms with van der Waals surface area (Å²) in [4.78, 5) is 6.07. The molecule has 0 bridgehead atoms. The van der Waals surface area contributed by atoms with Crippen molar-refractivity contribution in [3.05, 3.63) is 4.85 Å². The van der Waals surface area contributed by atoms with Gasteiger partial charge in [-0.05, 0) is 0 Å². The van der Waals surface area contributed by atoms with E-state index in [1.54, 1.807) is 7.05 Å². The molecule has 0 atom stereocenters. The van der Waals surface area contributed by atoms with Gasteiger partial charge < -0.3 is 4.74 Å². The molecule has 3 heteroatoms. The third-order valence-corrected chi connectivity index (χ3v) is 1.56. The first-order valence-electron chi connectivity index (χ1n) is 3.55. The average Bonchev–Trinajstić information content (AvgIpc) is 2.03. The normalized spacial score (nSPS) is 19.7. The summed E-state index contributed by atoms with van der Waals surface area (Å²) in [6, 6.07) is 2.91. The lowest BCUT2D eigenvalue weighted by molar-refractivity contribution is 0.0443. The first-order valence-corrected chi connectivity index (χ1v) is 3.55. The molecule has 0 unspecified atom stereocenters. The molecule has 0 aromatic rings. The average molecular weight is 141 g/mol. The molecule has 0 radical (unpaired) electrons. The fraction of sp³-hybridized carbons (Fsp3) is 0.857. The van der Waals surface area contributed by atoms with Crippen molar-refractivity contribution in [2.45, 2.75) is 0 Å². The molecule has 0 aromatic heterocycles. The molecule has 1 heterocycles. The second kappa shape index (κ2) is 4.26. The van der Waals surface area contributed by atoms with Gasteiger partial charge in [0.2, 0.25) is 0 Å². The van der Waals surface area contributed by atoms with Crippen molar-refractivity contribution in [2.24, 2.45) is 0 Å². The molecule has 1 fully saturated rings. The summed E-state index contributed by atoms with van der Waals surface area (Å²) in [5.41, 5.74) is 0. The Labute approximate surface area is 61.4 Å². The van der Waals surface area contributed by atoms with Gasteiger partial charge in [-0.1, -0.05) is 4.85 Å². The van der Waals surface area contributed by atoms with Crippen molar-refractivity contribution in [2.75, 3.05) is 39.9 Å². The maximum absolute atomic E-state index is 5.18. The van der Waals surface area contributed by atoms with Crippen LogP contribution in [0.15, 0.2) is 0 Å². The number of nitrogens with zero attached hydrogens (tertiary/aromatic N) is 2. The van der Waals surface area contributed by atoms with E-state index in [-0.39, 0.29) is 0 Å². The molecule has 56 valence electrons. The third kappa shape index (κ3) is 2.34. The Hall–Kier alpha value is -0.590. The first kappa shape index (κ1) is 7.52. The number of ether oxygens (including phenoxy) is 1. The second-order valence-electron chi connectivity index (χ2n) is 2.27. The number of rotatable bonds is 1. The van der Waals surface area contributed by atoms with Crippen molar-refractivity contribution >= 4 is 0 Å². The minimum absolute atomic E-state index is 0.847. The summed E-state index contributed by atoms with van der Waals surface area (Å²) >= 11 is 0. The van der Waals surface area contributed by atoms with Crippen molar-refractivity contribution < 1.29 is 4.74 Å². The van der Waals surface area contributed by atoms with Gasteiger partial charge in [-0.2, -0.15) is 0 Å². The zero-order valence-electron chi connectivity index (χ0n) is 6.34. The Morgan fingerprint density at radius 3 is 2.80 bits per heavy atom. The molecule has 0 N–H and O–H groups in total. The van der Waals surface area contributed by atoms with Crippen LogP contribution in [0.3, 0.4) is 0 Å². The van der Waals surface area contributed by atoms with Gasteiger partial charge in [-0.15, -0.1) is 0 Å². The lowest BCUT2D eigenvalue weighted by Gasteiger charge is -2.22. The molecular formula is C7H13N2O+. The summed E-state index contributed by atoms with van der Waals surface area (Å²) in [7, 11) is 1.75. The Morgan fingerprint density at radius 2 is 2.20 bits per heavy atom. The standard InChI is InChI=1S/C7H13N2O/c1-8-2-3-9-4-6-10-7-5-9/h3-7H2,1H3/q+1. The van der Waals surface area contributed by atoms with Gasteiger partial charge in [-0.3, -0.25) is 4.90 Å². The van der Waals surface area contributed by atoms with E-state index in [4.69, 9.17) is 4.74 Å². The zero-order chi connectivity index (χ0) is 7.23. The summed E-state index contributed by atoms with van der Waals surface area (Å²) in [6.07, 6.45) is 0. The van der Waals surface area contributed by atoms with E-state index in [0.717, 1.165) is 32.8 Å². The van der Waals surface area contributed by atoms with E-state index >= 15 is 0 Å². The maximum atomic E-state index is 5.18. The molecule has 0 spiro atoms. The molecule has 1 aliphatic rings. The molecule has 1 rings (SSSR count). The van der Waals surface area contributed by atoms with Crippen molar-refractivity contribution in [1.29, 1.82) is 0 Å². The van der Waals surface area contributed by atoms with Gasteiger partial charge in [0.1, 0.15) is 6.54 Å². The van der Waals surface area contributed by atoms with Crippen LogP contribution in [0.4, 0.5) is 0 Å². The molecule has 1 aliphatic heterocycles. The minimum atomic E-state index is 0.847. The lowest BCUT2D eigenvalue weighted by Crippen LogP contribution is -2.36. The molecule has 10 heavy (non-hydrogen) atoms. The number of morpholine rings is 1. The summed E-state index contributed by atoms with van der Waals surface area (Å²) in [5.74, 6) is 0. The van der Waals surface area contributed by atoms with Crippen LogP contribution in [0.25, 0.3) is 4.85 Å². The molecule has 0 saturated carbocycles. The third-order valence-electron chi connectivity index (χ3n) is 1.56. The van der Waals surface area contributed by atoms with Crippen LogP contribution >= 0.6 is 0 Å². The predicted molar refractivity (Wildman–Crippen MR) is 40.4 cm³/mol. The zero-order valence-corrected chi connectivity index (χ0v) is 6.34. The molecule has 3 nitrogen and oxygen atoms in total. The maximum Gasteiger partial charge on any atom is 0.288 e. The molecule has 1 saturated heterocycles. The first-order chi connectivity index (χ1) is 4.93. The quantitative estimate of drug-likeness (QED) is 0.488. The smallest absolute Gasteiger partial charge is 0.288 e. The van der Waals surface area contributed by atoms with Gasteiger partial charge in [0.05, 0.1) is 13.2 Å². The monoisotopic (exact) mass is 141 g/mol. The van der Waals surface area contributed by atoms with Gasteiger partial charge in [0.25, 0.3) is 13.1 Å². The summed E-state index contributed by atoms with van der Waals surface area (Å²) in [6.45, 7) is 4.59. The summed E-state index contributed by atoms with van der Waals surface area (Å²) in [5, 5.41) is 0. The molecular weight excluding hydrogens is 128 g/mol. The van der Waals surface area contributed by atoms with Crippen LogP contribution in [0.1, 0.15) is 0 Å². The van der Waals surface area contributed by atoms with Crippen LogP contribution in [-0.4, -0.2) is 44.8 Å². The van der Waals surface area contributed by atoms with Gasteiger partial charge in [0.15, 0.2) is 0 Å². The highest BCUT2D eigenvalue weighted by molar-refractivity contribution is 4.87. The summed E-state index contributed by atoms with van der Waals surface area (Å²) < 4.78 is 5.18. The van der Waals surface area contributed by atoms with E-state index in [1.165, 1.54) is 0 Å². The highest BCUT2D eigenvalue weighted by Crippen LogP contribution is 1.94. The van der Waals surface area contributed by atoms with E-state index < -0.39 is 0 Å². The Morgan fingerprint density at radius 1 is 1.50 bits per heavy atom.